The van der Waals surface area contributed by atoms with Crippen molar-refractivity contribution >= 4 is 23.4 Å². The number of ether oxygens (including phenoxy) is 2. The summed E-state index contributed by atoms with van der Waals surface area (Å²) in [5.41, 5.74) is 5.55. The third-order valence-corrected chi connectivity index (χ3v) is 7.26. The van der Waals surface area contributed by atoms with Gasteiger partial charge < -0.3 is 20.2 Å². The monoisotopic (exact) mass is 539 g/mol. The van der Waals surface area contributed by atoms with Crippen LogP contribution in [0.1, 0.15) is 51.6 Å². The van der Waals surface area contributed by atoms with Crippen LogP contribution in [-0.2, 0) is 14.3 Å². The number of rotatable bonds is 10. The maximum absolute atomic E-state index is 11.9. The lowest BCUT2D eigenvalue weighted by molar-refractivity contribution is -0.110. The molecule has 0 fully saturated rings. The van der Waals surface area contributed by atoms with Crippen LogP contribution in [0.3, 0.4) is 0 Å². The Labute approximate surface area is 236 Å². The van der Waals surface area contributed by atoms with E-state index >= 15 is 0 Å². The van der Waals surface area contributed by atoms with Crippen LogP contribution in [0.25, 0.3) is 5.57 Å². The normalized spacial score (nSPS) is 18.2. The van der Waals surface area contributed by atoms with Crippen LogP contribution in [0.5, 0.6) is 0 Å². The van der Waals surface area contributed by atoms with E-state index < -0.39 is 5.78 Å². The molecule has 2 heterocycles. The molecule has 3 aliphatic rings. The maximum Gasteiger partial charge on any atom is 0.269 e. The molecule has 4 rings (SSSR count). The van der Waals surface area contributed by atoms with Gasteiger partial charge in [-0.25, -0.2) is 4.98 Å². The highest BCUT2D eigenvalue weighted by atomic mass is 16.5. The number of allylic oxidation sites excluding steroid dienone is 7. The van der Waals surface area contributed by atoms with Gasteiger partial charge in [-0.15, -0.1) is 0 Å². The van der Waals surface area contributed by atoms with Crippen molar-refractivity contribution in [2.75, 3.05) is 32.1 Å². The standard InChI is InChI=1S/C32H37N5O3/c1-22(2)37-16-15-24-17-23(9-7-10-25(24)20-37)21-40-30-13-6-4-5-11-26(30)28-12-8-14-31(35-28)36-32(39-3)27(18-33)29(38)19-34/h5,7-8,10-12,14,17-18,22,33H,4,6,9,13,15-16,20-21H2,1-3H3,(H,35,36)/b32-27-,33-18?. The lowest BCUT2D eigenvalue weighted by atomic mass is 9.98. The highest BCUT2D eigenvalue weighted by Crippen LogP contribution is 2.30. The Bertz CT molecular complexity index is 1370. The fraction of sp³-hybridized carbons (Fsp3) is 0.375. The highest BCUT2D eigenvalue weighted by molar-refractivity contribution is 6.20. The molecule has 1 aliphatic heterocycles. The lowest BCUT2D eigenvalue weighted by Gasteiger charge is -2.32. The summed E-state index contributed by atoms with van der Waals surface area (Å²) in [7, 11) is 1.37. The van der Waals surface area contributed by atoms with Crippen LogP contribution in [0.2, 0.25) is 0 Å². The second kappa shape index (κ2) is 13.7. The van der Waals surface area contributed by atoms with Gasteiger partial charge in [0.25, 0.3) is 5.78 Å². The molecule has 1 aromatic heterocycles. The molecule has 0 aromatic carbocycles. The first kappa shape index (κ1) is 28.8. The number of Topliss-reactive ketones (excluding diaryl/α,β-unsaturated/α-hetero) is 1. The van der Waals surface area contributed by atoms with E-state index in [4.69, 9.17) is 25.1 Å². The van der Waals surface area contributed by atoms with Gasteiger partial charge in [0.1, 0.15) is 29.8 Å². The third-order valence-electron chi connectivity index (χ3n) is 7.26. The van der Waals surface area contributed by atoms with Gasteiger partial charge in [-0.2, -0.15) is 5.26 Å². The van der Waals surface area contributed by atoms with Crippen molar-refractivity contribution in [3.63, 3.8) is 0 Å². The minimum Gasteiger partial charge on any atom is -0.493 e. The topological polar surface area (TPSA) is 111 Å². The molecule has 40 heavy (non-hydrogen) atoms. The molecule has 8 nitrogen and oxygen atoms in total. The van der Waals surface area contributed by atoms with Crippen molar-refractivity contribution in [3.8, 4) is 6.07 Å². The van der Waals surface area contributed by atoms with Gasteiger partial charge in [0.2, 0.25) is 5.88 Å². The molecule has 0 saturated carbocycles. The van der Waals surface area contributed by atoms with E-state index in [-0.39, 0.29) is 11.5 Å². The van der Waals surface area contributed by atoms with E-state index in [0.29, 0.717) is 18.5 Å². The summed E-state index contributed by atoms with van der Waals surface area (Å²) in [5, 5.41) is 19.5. The molecule has 0 radical (unpaired) electrons. The van der Waals surface area contributed by atoms with Gasteiger partial charge in [-0.1, -0.05) is 36.4 Å². The predicted molar refractivity (Wildman–Crippen MR) is 157 cm³/mol. The molecular weight excluding hydrogens is 502 g/mol. The Balaban J connectivity index is 1.57. The van der Waals surface area contributed by atoms with Crippen LogP contribution < -0.4 is 5.32 Å². The zero-order valence-corrected chi connectivity index (χ0v) is 23.5. The van der Waals surface area contributed by atoms with Crippen LogP contribution >= 0.6 is 0 Å². The Hall–Kier alpha value is -4.22. The van der Waals surface area contributed by atoms with Gasteiger partial charge in [0, 0.05) is 37.3 Å². The van der Waals surface area contributed by atoms with Crippen molar-refractivity contribution in [3.05, 3.63) is 88.2 Å². The van der Waals surface area contributed by atoms with E-state index in [1.165, 1.54) is 29.9 Å². The van der Waals surface area contributed by atoms with Crippen LogP contribution in [-0.4, -0.2) is 54.7 Å². The first-order chi connectivity index (χ1) is 19.4. The third kappa shape index (κ3) is 7.04. The van der Waals surface area contributed by atoms with Crippen molar-refractivity contribution in [1.82, 2.24) is 9.88 Å². The Morgan fingerprint density at radius 1 is 1.25 bits per heavy atom. The fourth-order valence-electron chi connectivity index (χ4n) is 5.01. The lowest BCUT2D eigenvalue weighted by Crippen LogP contribution is -2.36. The molecular formula is C32H37N5O3. The molecule has 0 saturated heterocycles. The van der Waals surface area contributed by atoms with Gasteiger partial charge in [0.15, 0.2) is 0 Å². The van der Waals surface area contributed by atoms with Gasteiger partial charge in [-0.3, -0.25) is 9.69 Å². The smallest absolute Gasteiger partial charge is 0.269 e. The molecule has 2 N–H and O–H groups in total. The first-order valence-corrected chi connectivity index (χ1v) is 13.8. The number of hydrogen-bond donors (Lipinski definition) is 2. The molecule has 8 heteroatoms. The first-order valence-electron chi connectivity index (χ1n) is 13.8. The molecule has 0 amide bonds. The number of hydrogen-bond acceptors (Lipinski definition) is 8. The SMILES string of the molecule is CO/C(Nc1cccc(C2=C(OCC3=CC4=C(C=CC3)CN(C(C)C)CC4)CCCC=C2)n1)=C(/C=N)C(=O)C#N. The van der Waals surface area contributed by atoms with E-state index in [1.54, 1.807) is 6.07 Å². The number of pyridine rings is 1. The Morgan fingerprint density at radius 2 is 2.10 bits per heavy atom. The summed E-state index contributed by atoms with van der Waals surface area (Å²) in [6, 6.07) is 7.58. The fourth-order valence-corrected chi connectivity index (χ4v) is 5.01. The van der Waals surface area contributed by atoms with Crippen molar-refractivity contribution in [2.45, 2.75) is 52.0 Å². The van der Waals surface area contributed by atoms with Gasteiger partial charge in [0.05, 0.1) is 12.8 Å². The number of anilines is 1. The molecule has 0 unspecified atom stereocenters. The van der Waals surface area contributed by atoms with E-state index in [9.17, 15) is 4.79 Å². The maximum atomic E-state index is 11.9. The Kier molecular flexibility index (Phi) is 9.87. The Morgan fingerprint density at radius 3 is 2.85 bits per heavy atom. The number of carbonyl (C=O) groups is 1. The summed E-state index contributed by atoms with van der Waals surface area (Å²) in [6.07, 6.45) is 16.5. The number of methoxy groups -OCH3 is 1. The zero-order valence-electron chi connectivity index (χ0n) is 23.5. The van der Waals surface area contributed by atoms with Crippen molar-refractivity contribution in [1.29, 1.82) is 10.7 Å². The number of carbonyl (C=O) groups excluding carboxylic acids is 1. The summed E-state index contributed by atoms with van der Waals surface area (Å²) < 4.78 is 11.8. The summed E-state index contributed by atoms with van der Waals surface area (Å²) in [5.74, 6) is 0.456. The number of ketones is 1. The summed E-state index contributed by atoms with van der Waals surface area (Å²) >= 11 is 0. The molecule has 0 spiro atoms. The van der Waals surface area contributed by atoms with E-state index in [0.717, 1.165) is 68.4 Å². The molecule has 0 bridgehead atoms. The second-order valence-corrected chi connectivity index (χ2v) is 10.3. The van der Waals surface area contributed by atoms with Crippen LogP contribution in [0.4, 0.5) is 5.82 Å². The minimum absolute atomic E-state index is 0.00526. The van der Waals surface area contributed by atoms with Gasteiger partial charge in [-0.05, 0) is 68.4 Å². The summed E-state index contributed by atoms with van der Waals surface area (Å²) in [4.78, 5) is 19.2. The quantitative estimate of drug-likeness (QED) is 0.166. The highest BCUT2D eigenvalue weighted by Gasteiger charge is 2.21. The minimum atomic E-state index is -0.864. The summed E-state index contributed by atoms with van der Waals surface area (Å²) in [6.45, 7) is 7.11. The number of nitrogens with zero attached hydrogens (tertiary/aromatic N) is 3. The largest absolute Gasteiger partial charge is 0.493 e. The molecule has 0 atom stereocenters. The number of nitrogens with one attached hydrogen (secondary N) is 2. The van der Waals surface area contributed by atoms with Crippen LogP contribution in [0.15, 0.2) is 82.5 Å². The second-order valence-electron chi connectivity index (χ2n) is 10.3. The molecule has 208 valence electrons. The molecule has 2 aliphatic carbocycles. The van der Waals surface area contributed by atoms with Crippen molar-refractivity contribution in [2.24, 2.45) is 0 Å². The van der Waals surface area contributed by atoms with Crippen molar-refractivity contribution < 1.29 is 14.3 Å². The average Bonchev–Trinajstić information content (AvgIpc) is 3.33. The number of nitriles is 1. The van der Waals surface area contributed by atoms with Crippen LogP contribution in [0, 0.1) is 16.7 Å². The molecule has 1 aromatic rings. The average molecular weight is 540 g/mol. The van der Waals surface area contributed by atoms with Gasteiger partial charge >= 0.3 is 0 Å². The predicted octanol–water partition coefficient (Wildman–Crippen LogP) is 5.86. The van der Waals surface area contributed by atoms with E-state index in [1.807, 2.05) is 12.1 Å². The number of aromatic nitrogens is 1. The van der Waals surface area contributed by atoms with E-state index in [2.05, 4.69) is 54.4 Å². The zero-order chi connectivity index (χ0) is 28.5.